The van der Waals surface area contributed by atoms with Crippen LogP contribution in [0.2, 0.25) is 0 Å². The van der Waals surface area contributed by atoms with E-state index in [0.717, 1.165) is 0 Å². The van der Waals surface area contributed by atoms with Crippen LogP contribution in [0.15, 0.2) is 6.07 Å². The molecule has 1 aromatic rings. The fraction of sp³-hybridized carbons (Fsp3) is 0.286. The maximum absolute atomic E-state index is 12.4. The molecule has 5 nitrogen and oxygen atoms in total. The number of aromatic nitrogens is 1. The molecule has 1 heterocycles. The van der Waals surface area contributed by atoms with Crippen molar-refractivity contribution in [1.82, 2.24) is 4.98 Å². The Bertz CT molecular complexity index is 460. The maximum Gasteiger partial charge on any atom is 0.422 e. The zero-order valence-electron chi connectivity index (χ0n) is 7.83. The van der Waals surface area contributed by atoms with Crippen molar-refractivity contribution in [2.45, 2.75) is 12.6 Å². The van der Waals surface area contributed by atoms with Crippen LogP contribution in [0.5, 0.6) is 0 Å². The summed E-state index contributed by atoms with van der Waals surface area (Å²) in [5, 5.41) is 10.3. The van der Waals surface area contributed by atoms with E-state index in [2.05, 4.69) is 4.98 Å². The van der Waals surface area contributed by atoms with Crippen LogP contribution in [0, 0.1) is 10.1 Å². The average molecular weight is 257 g/mol. The predicted molar refractivity (Wildman–Crippen MR) is 45.3 cm³/mol. The average Bonchev–Trinajstić information content (AvgIpc) is 2.13. The van der Waals surface area contributed by atoms with E-state index < -0.39 is 40.3 Å². The third-order valence-electron chi connectivity index (χ3n) is 1.74. The molecule has 0 atom stereocenters. The molecule has 94 valence electrons. The lowest BCUT2D eigenvalue weighted by Gasteiger charge is -2.11. The van der Waals surface area contributed by atoms with E-state index in [0.29, 0.717) is 0 Å². The van der Waals surface area contributed by atoms with Crippen molar-refractivity contribution in [1.29, 1.82) is 0 Å². The molecule has 0 saturated carbocycles. The first kappa shape index (κ1) is 13.1. The molecule has 0 saturated heterocycles. The third kappa shape index (κ3) is 2.57. The molecule has 0 aliphatic carbocycles. The molecule has 2 N–H and O–H groups in total. The molecule has 0 amide bonds. The Morgan fingerprint density at radius 1 is 1.41 bits per heavy atom. The summed E-state index contributed by atoms with van der Waals surface area (Å²) < 4.78 is 61.8. The number of anilines is 1. The standard InChI is InChI=1S/C7H4F5N3O2/c8-6(9)5-4(7(10,11)12)2(13)1-3(14-5)15(16)17/h1,6H,(H2,13,14). The molecule has 0 bridgehead atoms. The summed E-state index contributed by atoms with van der Waals surface area (Å²) in [4.78, 5) is 11.7. The molecule has 1 rings (SSSR count). The summed E-state index contributed by atoms with van der Waals surface area (Å²) in [6.45, 7) is 0. The van der Waals surface area contributed by atoms with Gasteiger partial charge in [0, 0.05) is 0 Å². The topological polar surface area (TPSA) is 82.0 Å². The lowest BCUT2D eigenvalue weighted by Crippen LogP contribution is -2.15. The van der Waals surface area contributed by atoms with Gasteiger partial charge in [0.2, 0.25) is 5.69 Å². The Kier molecular flexibility index (Phi) is 3.16. The molecule has 0 fully saturated rings. The van der Waals surface area contributed by atoms with Crippen molar-refractivity contribution in [3.63, 3.8) is 0 Å². The molecule has 17 heavy (non-hydrogen) atoms. The minimum absolute atomic E-state index is 0.286. The van der Waals surface area contributed by atoms with Gasteiger partial charge in [0.05, 0.1) is 11.8 Å². The molecule has 10 heteroatoms. The Labute approximate surface area is 90.2 Å². The predicted octanol–water partition coefficient (Wildman–Crippen LogP) is 2.53. The van der Waals surface area contributed by atoms with Gasteiger partial charge >= 0.3 is 18.4 Å². The van der Waals surface area contributed by atoms with Crippen LogP contribution in [-0.2, 0) is 6.18 Å². The van der Waals surface area contributed by atoms with Gasteiger partial charge < -0.3 is 15.8 Å². The summed E-state index contributed by atoms with van der Waals surface area (Å²) in [6, 6.07) is 0.286. The summed E-state index contributed by atoms with van der Waals surface area (Å²) >= 11 is 0. The fourth-order valence-corrected chi connectivity index (χ4v) is 1.13. The SMILES string of the molecule is Nc1cc([N+](=O)[O-])nc(C(F)F)c1C(F)(F)F. The van der Waals surface area contributed by atoms with Gasteiger partial charge in [-0.2, -0.15) is 13.2 Å². The van der Waals surface area contributed by atoms with Crippen molar-refractivity contribution < 1.29 is 26.9 Å². The van der Waals surface area contributed by atoms with Crippen molar-refractivity contribution in [3.8, 4) is 0 Å². The Hall–Kier alpha value is -2.00. The van der Waals surface area contributed by atoms with Gasteiger partial charge in [0.15, 0.2) is 0 Å². The summed E-state index contributed by atoms with van der Waals surface area (Å²) in [7, 11) is 0. The first-order valence-electron chi connectivity index (χ1n) is 3.94. The van der Waals surface area contributed by atoms with Gasteiger partial charge in [-0.05, 0) is 9.91 Å². The highest BCUT2D eigenvalue weighted by Crippen LogP contribution is 2.40. The number of halogens is 5. The van der Waals surface area contributed by atoms with Gasteiger partial charge in [-0.1, -0.05) is 0 Å². The first-order valence-corrected chi connectivity index (χ1v) is 3.94. The first-order chi connectivity index (χ1) is 7.64. The minimum Gasteiger partial charge on any atom is -0.398 e. The molecule has 0 radical (unpaired) electrons. The number of nitro groups is 1. The quantitative estimate of drug-likeness (QED) is 0.501. The van der Waals surface area contributed by atoms with E-state index in [1.807, 2.05) is 0 Å². The smallest absolute Gasteiger partial charge is 0.398 e. The molecule has 0 aromatic carbocycles. The van der Waals surface area contributed by atoms with Crippen LogP contribution in [0.1, 0.15) is 17.7 Å². The Morgan fingerprint density at radius 3 is 2.29 bits per heavy atom. The second kappa shape index (κ2) is 4.11. The van der Waals surface area contributed by atoms with Gasteiger partial charge in [-0.3, -0.25) is 0 Å². The number of nitrogen functional groups attached to an aromatic ring is 1. The van der Waals surface area contributed by atoms with Gasteiger partial charge in [0.25, 0.3) is 0 Å². The van der Waals surface area contributed by atoms with Crippen LogP contribution in [0.3, 0.4) is 0 Å². The van der Waals surface area contributed by atoms with E-state index in [1.165, 1.54) is 0 Å². The summed E-state index contributed by atoms with van der Waals surface area (Å²) in [5.41, 5.74) is 0.133. The Morgan fingerprint density at radius 2 is 1.94 bits per heavy atom. The largest absolute Gasteiger partial charge is 0.422 e. The number of alkyl halides is 5. The number of nitrogens with zero attached hydrogens (tertiary/aromatic N) is 2. The minimum atomic E-state index is -5.15. The van der Waals surface area contributed by atoms with Crippen molar-refractivity contribution >= 4 is 11.5 Å². The van der Waals surface area contributed by atoms with Crippen LogP contribution in [0.25, 0.3) is 0 Å². The van der Waals surface area contributed by atoms with Crippen molar-refractivity contribution in [2.75, 3.05) is 5.73 Å². The molecule has 0 aliphatic rings. The second-order valence-electron chi connectivity index (χ2n) is 2.89. The zero-order chi connectivity index (χ0) is 13.4. The van der Waals surface area contributed by atoms with E-state index in [4.69, 9.17) is 5.73 Å². The van der Waals surface area contributed by atoms with Crippen molar-refractivity contribution in [2.24, 2.45) is 0 Å². The molecular weight excluding hydrogens is 253 g/mol. The lowest BCUT2D eigenvalue weighted by molar-refractivity contribution is -0.389. The summed E-state index contributed by atoms with van der Waals surface area (Å²) in [6.07, 6.45) is -8.77. The van der Waals surface area contributed by atoms with E-state index in [-0.39, 0.29) is 6.07 Å². The highest BCUT2D eigenvalue weighted by Gasteiger charge is 2.42. The van der Waals surface area contributed by atoms with Crippen LogP contribution < -0.4 is 5.73 Å². The van der Waals surface area contributed by atoms with Crippen LogP contribution in [0.4, 0.5) is 33.5 Å². The maximum atomic E-state index is 12.4. The number of hydrogen-bond acceptors (Lipinski definition) is 4. The molecular formula is C7H4F5N3O2. The number of pyridine rings is 1. The van der Waals surface area contributed by atoms with Gasteiger partial charge in [-0.25, -0.2) is 8.78 Å². The number of rotatable bonds is 2. The number of hydrogen-bond donors (Lipinski definition) is 1. The lowest BCUT2D eigenvalue weighted by atomic mass is 10.1. The normalized spacial score (nSPS) is 11.9. The third-order valence-corrected chi connectivity index (χ3v) is 1.74. The van der Waals surface area contributed by atoms with E-state index in [9.17, 15) is 32.1 Å². The van der Waals surface area contributed by atoms with E-state index >= 15 is 0 Å². The van der Waals surface area contributed by atoms with E-state index in [1.54, 1.807) is 0 Å². The highest BCUT2D eigenvalue weighted by molar-refractivity contribution is 5.55. The highest BCUT2D eigenvalue weighted by atomic mass is 19.4. The second-order valence-corrected chi connectivity index (χ2v) is 2.89. The monoisotopic (exact) mass is 257 g/mol. The van der Waals surface area contributed by atoms with Crippen LogP contribution in [-0.4, -0.2) is 9.91 Å². The molecule has 0 spiro atoms. The van der Waals surface area contributed by atoms with Crippen LogP contribution >= 0.6 is 0 Å². The van der Waals surface area contributed by atoms with Crippen molar-refractivity contribution in [3.05, 3.63) is 27.4 Å². The number of nitrogens with two attached hydrogens (primary N) is 1. The molecule has 0 unspecified atom stereocenters. The summed E-state index contributed by atoms with van der Waals surface area (Å²) in [5.74, 6) is -1.16. The molecule has 0 aliphatic heterocycles. The Balaban J connectivity index is 3.55. The van der Waals surface area contributed by atoms with Gasteiger partial charge in [0.1, 0.15) is 5.56 Å². The molecule has 1 aromatic heterocycles. The van der Waals surface area contributed by atoms with Gasteiger partial charge in [-0.15, -0.1) is 0 Å². The fourth-order valence-electron chi connectivity index (χ4n) is 1.13. The zero-order valence-corrected chi connectivity index (χ0v) is 7.83.